The van der Waals surface area contributed by atoms with Gasteiger partial charge < -0.3 is 19.5 Å². The Morgan fingerprint density at radius 3 is 2.62 bits per heavy atom. The number of hydrogen-bond acceptors (Lipinski definition) is 4. The Morgan fingerprint density at radius 1 is 1.10 bits per heavy atom. The van der Waals surface area contributed by atoms with E-state index < -0.39 is 12.6 Å². The zero-order chi connectivity index (χ0) is 20.6. The third kappa shape index (κ3) is 5.50. The van der Waals surface area contributed by atoms with Crippen LogP contribution in [0, 0.1) is 0 Å². The molecule has 1 heterocycles. The summed E-state index contributed by atoms with van der Waals surface area (Å²) in [6, 6.07) is 15.5. The number of ether oxygens (including phenoxy) is 2. The highest BCUT2D eigenvalue weighted by Gasteiger charge is 2.29. The average molecular weight is 397 g/mol. The Kier molecular flexibility index (Phi) is 7.11. The average Bonchev–Trinajstić information content (AvgIpc) is 3.20. The minimum Gasteiger partial charge on any atom is -0.490 e. The number of benzene rings is 2. The van der Waals surface area contributed by atoms with E-state index >= 15 is 0 Å². The number of nitrogens with zero attached hydrogens (tertiary/aromatic N) is 1. The van der Waals surface area contributed by atoms with E-state index in [0.717, 1.165) is 32.2 Å². The summed E-state index contributed by atoms with van der Waals surface area (Å²) in [4.78, 5) is 25.9. The van der Waals surface area contributed by atoms with Crippen molar-refractivity contribution < 1.29 is 24.2 Å². The minimum absolute atomic E-state index is 0.0219. The fraction of sp³-hybridized carbons (Fsp3) is 0.391. The summed E-state index contributed by atoms with van der Waals surface area (Å²) in [6.45, 7) is 2.51. The SMILES string of the molecule is CCOc1cc(C(=O)N2CCCC2CCc2ccccc2)ccc1OCC(=O)O. The first-order chi connectivity index (χ1) is 14.1. The molecule has 0 radical (unpaired) electrons. The number of carbonyl (C=O) groups is 2. The lowest BCUT2D eigenvalue weighted by atomic mass is 10.0. The van der Waals surface area contributed by atoms with Crippen LogP contribution in [0.2, 0.25) is 0 Å². The van der Waals surface area contributed by atoms with Crippen LogP contribution in [0.25, 0.3) is 0 Å². The molecule has 6 nitrogen and oxygen atoms in total. The number of carboxylic acids is 1. The number of aryl methyl sites for hydroxylation is 1. The van der Waals surface area contributed by atoms with Crippen molar-refractivity contribution in [3.8, 4) is 11.5 Å². The van der Waals surface area contributed by atoms with Gasteiger partial charge in [0.1, 0.15) is 0 Å². The summed E-state index contributed by atoms with van der Waals surface area (Å²) in [7, 11) is 0. The maximum absolute atomic E-state index is 13.1. The fourth-order valence-electron chi connectivity index (χ4n) is 3.72. The van der Waals surface area contributed by atoms with Gasteiger partial charge in [-0.15, -0.1) is 0 Å². The van der Waals surface area contributed by atoms with Gasteiger partial charge in [0.25, 0.3) is 5.91 Å². The van der Waals surface area contributed by atoms with Crippen LogP contribution in [0.5, 0.6) is 11.5 Å². The molecule has 0 bridgehead atoms. The van der Waals surface area contributed by atoms with Crippen molar-refractivity contribution in [1.82, 2.24) is 4.90 Å². The Bertz CT molecular complexity index is 836. The van der Waals surface area contributed by atoms with Crippen LogP contribution in [-0.4, -0.2) is 47.7 Å². The van der Waals surface area contributed by atoms with Crippen LogP contribution in [0.1, 0.15) is 42.1 Å². The van der Waals surface area contributed by atoms with E-state index in [-0.39, 0.29) is 11.9 Å². The lowest BCUT2D eigenvalue weighted by molar-refractivity contribution is -0.139. The molecule has 1 saturated heterocycles. The molecule has 1 fully saturated rings. The molecule has 154 valence electrons. The highest BCUT2D eigenvalue weighted by molar-refractivity contribution is 5.95. The molecule has 0 aromatic heterocycles. The highest BCUT2D eigenvalue weighted by atomic mass is 16.5. The van der Waals surface area contributed by atoms with Crippen LogP contribution >= 0.6 is 0 Å². The first-order valence-corrected chi connectivity index (χ1v) is 10.0. The largest absolute Gasteiger partial charge is 0.490 e. The van der Waals surface area contributed by atoms with E-state index in [1.807, 2.05) is 30.0 Å². The zero-order valence-corrected chi connectivity index (χ0v) is 16.7. The van der Waals surface area contributed by atoms with Crippen molar-refractivity contribution >= 4 is 11.9 Å². The molecule has 2 aromatic rings. The molecule has 0 saturated carbocycles. The number of hydrogen-bond donors (Lipinski definition) is 1. The monoisotopic (exact) mass is 397 g/mol. The number of carboxylic acid groups (broad SMARTS) is 1. The molecular formula is C23H27NO5. The van der Waals surface area contributed by atoms with E-state index in [4.69, 9.17) is 14.6 Å². The summed E-state index contributed by atoms with van der Waals surface area (Å²) in [5.74, 6) is -0.371. The standard InChI is InChI=1S/C23H27NO5/c1-2-28-21-15-18(11-13-20(21)29-16-22(25)26)23(27)24-14-6-9-19(24)12-10-17-7-4-3-5-8-17/h3-5,7-8,11,13,15,19H,2,6,9-10,12,14,16H2,1H3,(H,25,26). The molecule has 2 aromatic carbocycles. The summed E-state index contributed by atoms with van der Waals surface area (Å²) < 4.78 is 10.8. The van der Waals surface area contributed by atoms with Crippen LogP contribution < -0.4 is 9.47 Å². The van der Waals surface area contributed by atoms with Gasteiger partial charge in [0.15, 0.2) is 18.1 Å². The van der Waals surface area contributed by atoms with Crippen molar-refractivity contribution in [3.05, 3.63) is 59.7 Å². The summed E-state index contributed by atoms with van der Waals surface area (Å²) in [5.41, 5.74) is 1.81. The predicted molar refractivity (Wildman–Crippen MR) is 110 cm³/mol. The van der Waals surface area contributed by atoms with Crippen molar-refractivity contribution in [1.29, 1.82) is 0 Å². The third-order valence-corrected chi connectivity index (χ3v) is 5.09. The van der Waals surface area contributed by atoms with E-state index in [1.54, 1.807) is 18.2 Å². The second-order valence-electron chi connectivity index (χ2n) is 7.10. The van der Waals surface area contributed by atoms with Gasteiger partial charge in [-0.1, -0.05) is 30.3 Å². The van der Waals surface area contributed by atoms with Gasteiger partial charge in [-0.05, 0) is 56.4 Å². The van der Waals surface area contributed by atoms with Gasteiger partial charge in [-0.3, -0.25) is 4.79 Å². The van der Waals surface area contributed by atoms with Gasteiger partial charge in [-0.25, -0.2) is 4.79 Å². The molecule has 3 rings (SSSR count). The third-order valence-electron chi connectivity index (χ3n) is 5.09. The fourth-order valence-corrected chi connectivity index (χ4v) is 3.72. The van der Waals surface area contributed by atoms with Gasteiger partial charge in [0.2, 0.25) is 0 Å². The lowest BCUT2D eigenvalue weighted by Crippen LogP contribution is -2.35. The maximum atomic E-state index is 13.1. The Hall–Kier alpha value is -3.02. The molecule has 1 unspecified atom stereocenters. The molecular weight excluding hydrogens is 370 g/mol. The maximum Gasteiger partial charge on any atom is 0.341 e. The Labute approximate surface area is 171 Å². The number of amides is 1. The molecule has 1 atom stereocenters. The van der Waals surface area contributed by atoms with Crippen LogP contribution in [0.15, 0.2) is 48.5 Å². The topological polar surface area (TPSA) is 76.1 Å². The highest BCUT2D eigenvalue weighted by Crippen LogP contribution is 2.31. The molecule has 0 aliphatic carbocycles. The van der Waals surface area contributed by atoms with Crippen molar-refractivity contribution in [2.75, 3.05) is 19.8 Å². The summed E-state index contributed by atoms with van der Waals surface area (Å²) in [5, 5.41) is 8.82. The molecule has 0 spiro atoms. The second-order valence-corrected chi connectivity index (χ2v) is 7.10. The van der Waals surface area contributed by atoms with Crippen molar-refractivity contribution in [2.45, 2.75) is 38.6 Å². The number of likely N-dealkylation sites (tertiary alicyclic amines) is 1. The van der Waals surface area contributed by atoms with Crippen LogP contribution in [0.4, 0.5) is 0 Å². The minimum atomic E-state index is -1.06. The van der Waals surface area contributed by atoms with E-state index in [2.05, 4.69) is 12.1 Å². The Morgan fingerprint density at radius 2 is 1.90 bits per heavy atom. The number of rotatable bonds is 9. The number of carbonyl (C=O) groups excluding carboxylic acids is 1. The first kappa shape index (κ1) is 20.7. The lowest BCUT2D eigenvalue weighted by Gasteiger charge is -2.25. The van der Waals surface area contributed by atoms with Crippen molar-refractivity contribution in [3.63, 3.8) is 0 Å². The van der Waals surface area contributed by atoms with E-state index in [9.17, 15) is 9.59 Å². The van der Waals surface area contributed by atoms with Crippen LogP contribution in [-0.2, 0) is 11.2 Å². The number of aliphatic carboxylic acids is 1. The molecule has 1 N–H and O–H groups in total. The molecule has 29 heavy (non-hydrogen) atoms. The predicted octanol–water partition coefficient (Wildman–Crippen LogP) is 3.79. The van der Waals surface area contributed by atoms with Gasteiger partial charge in [0, 0.05) is 18.2 Å². The smallest absolute Gasteiger partial charge is 0.341 e. The van der Waals surface area contributed by atoms with Gasteiger partial charge in [0.05, 0.1) is 6.61 Å². The quantitative estimate of drug-likeness (QED) is 0.697. The van der Waals surface area contributed by atoms with Crippen LogP contribution in [0.3, 0.4) is 0 Å². The first-order valence-electron chi connectivity index (χ1n) is 10.0. The molecule has 1 amide bonds. The van der Waals surface area contributed by atoms with Crippen molar-refractivity contribution in [2.24, 2.45) is 0 Å². The second kappa shape index (κ2) is 9.96. The summed E-state index contributed by atoms with van der Waals surface area (Å²) in [6.07, 6.45) is 3.90. The van der Waals surface area contributed by atoms with Gasteiger partial charge in [-0.2, -0.15) is 0 Å². The molecule has 1 aliphatic heterocycles. The van der Waals surface area contributed by atoms with E-state index in [0.29, 0.717) is 23.7 Å². The summed E-state index contributed by atoms with van der Waals surface area (Å²) >= 11 is 0. The normalized spacial score (nSPS) is 15.9. The Balaban J connectivity index is 1.70. The van der Waals surface area contributed by atoms with E-state index in [1.165, 1.54) is 5.56 Å². The zero-order valence-electron chi connectivity index (χ0n) is 16.7. The molecule has 1 aliphatic rings. The van der Waals surface area contributed by atoms with Gasteiger partial charge >= 0.3 is 5.97 Å². The molecule has 6 heteroatoms.